The number of sulfonamides is 1. The number of fused-ring (bicyclic) bond motifs is 4. The molecule has 2 aromatic rings. The summed E-state index contributed by atoms with van der Waals surface area (Å²) in [6, 6.07) is 4.39. The van der Waals surface area contributed by atoms with Crippen molar-refractivity contribution in [2.45, 2.75) is 133 Å². The van der Waals surface area contributed by atoms with Crippen LogP contribution in [0.5, 0.6) is 11.6 Å². The molecule has 6 aliphatic rings. The van der Waals surface area contributed by atoms with E-state index >= 15 is 0 Å². The molecule has 60 heavy (non-hydrogen) atoms. The summed E-state index contributed by atoms with van der Waals surface area (Å²) in [6.45, 7) is 6.25. The number of carbonyl (C=O) groups is 4. The number of methoxy groups -OCH3 is 1. The highest BCUT2D eigenvalue weighted by Gasteiger charge is 2.72. The Morgan fingerprint density at radius 1 is 1.12 bits per heavy atom. The second-order valence-electron chi connectivity index (χ2n) is 18.9. The molecule has 8 rings (SSSR count). The zero-order valence-electron chi connectivity index (χ0n) is 34.3. The molecule has 2 aliphatic heterocycles. The van der Waals surface area contributed by atoms with Gasteiger partial charge in [0.05, 0.1) is 41.4 Å². The van der Waals surface area contributed by atoms with Gasteiger partial charge in [0, 0.05) is 23.8 Å². The third-order valence-corrected chi connectivity index (χ3v) is 15.9. The molecule has 324 valence electrons. The smallest absolute Gasteiger partial charge is 0.408 e. The normalized spacial score (nSPS) is 33.2. The van der Waals surface area contributed by atoms with Crippen molar-refractivity contribution < 1.29 is 50.6 Å². The van der Waals surface area contributed by atoms with Gasteiger partial charge in [0.1, 0.15) is 41.3 Å². The average molecular weight is 856 g/mol. The van der Waals surface area contributed by atoms with Crippen LogP contribution in [-0.4, -0.2) is 102 Å². The summed E-state index contributed by atoms with van der Waals surface area (Å²) in [6.07, 6.45) is -1.10. The maximum absolute atomic E-state index is 14.9. The predicted octanol–water partition coefficient (Wildman–Crippen LogP) is 3.91. The van der Waals surface area contributed by atoms with Gasteiger partial charge in [-0.2, -0.15) is 5.26 Å². The van der Waals surface area contributed by atoms with Crippen LogP contribution in [0.4, 0.5) is 13.6 Å². The fourth-order valence-electron chi connectivity index (χ4n) is 9.28. The highest BCUT2D eigenvalue weighted by atomic mass is 32.2. The van der Waals surface area contributed by atoms with Gasteiger partial charge in [-0.25, -0.2) is 32.0 Å². The highest BCUT2D eigenvalue weighted by molar-refractivity contribution is 7.91. The summed E-state index contributed by atoms with van der Waals surface area (Å²) in [4.78, 5) is 67.7. The number of ether oxygens (including phenoxy) is 3. The van der Waals surface area contributed by atoms with E-state index in [-0.39, 0.29) is 43.2 Å². The third-order valence-electron chi connectivity index (χ3n) is 13.7. The fraction of sp³-hybridized carbons (Fsp3) is 0.683. The molecule has 19 heteroatoms. The van der Waals surface area contributed by atoms with Crippen LogP contribution < -0.4 is 24.8 Å². The Bertz CT molecular complexity index is 2280. The van der Waals surface area contributed by atoms with Crippen molar-refractivity contribution in [3.63, 3.8) is 0 Å². The lowest BCUT2D eigenvalue weighted by atomic mass is 9.85. The van der Waals surface area contributed by atoms with Crippen molar-refractivity contribution in [1.82, 2.24) is 30.2 Å². The molecule has 3 heterocycles. The summed E-state index contributed by atoms with van der Waals surface area (Å²) >= 11 is 0. The van der Waals surface area contributed by atoms with Crippen LogP contribution in [0, 0.1) is 39.9 Å². The van der Waals surface area contributed by atoms with Gasteiger partial charge in [0.2, 0.25) is 34.1 Å². The molecule has 0 radical (unpaired) electrons. The molecule has 1 aromatic carbocycles. The molecule has 16 nitrogen and oxygen atoms in total. The average Bonchev–Trinajstić information content (AvgIpc) is 4.09. The number of halogens is 2. The number of alkyl halides is 2. The van der Waals surface area contributed by atoms with Crippen molar-refractivity contribution in [1.29, 1.82) is 5.26 Å². The van der Waals surface area contributed by atoms with Gasteiger partial charge in [-0.05, 0) is 81.8 Å². The minimum atomic E-state index is -4.29. The van der Waals surface area contributed by atoms with E-state index in [9.17, 15) is 41.6 Å². The quantitative estimate of drug-likeness (QED) is 0.344. The minimum absolute atomic E-state index is 0.0766. The molecule has 2 unspecified atom stereocenters. The van der Waals surface area contributed by atoms with E-state index in [0.717, 1.165) is 37.0 Å². The third kappa shape index (κ3) is 7.46. The van der Waals surface area contributed by atoms with Gasteiger partial charge in [-0.3, -0.25) is 19.1 Å². The Morgan fingerprint density at radius 3 is 2.52 bits per heavy atom. The number of hydrogen-bond acceptors (Lipinski definition) is 12. The Hall–Kier alpha value is -4.86. The lowest BCUT2D eigenvalue weighted by molar-refractivity contribution is -0.143. The summed E-state index contributed by atoms with van der Waals surface area (Å²) in [5.74, 6) is -4.96. The number of nitrogens with one attached hydrogen (secondary N) is 3. The van der Waals surface area contributed by atoms with E-state index in [1.807, 2.05) is 4.72 Å². The molecule has 3 N–H and O–H groups in total. The van der Waals surface area contributed by atoms with Crippen LogP contribution in [0.25, 0.3) is 11.0 Å². The molecule has 1 spiro atoms. The van der Waals surface area contributed by atoms with E-state index in [0.29, 0.717) is 34.8 Å². The first-order valence-electron chi connectivity index (χ1n) is 20.6. The number of aromatic nitrogens is 2. The van der Waals surface area contributed by atoms with Crippen LogP contribution in [0.3, 0.4) is 0 Å². The Labute approximate surface area is 346 Å². The SMILES string of the molecule is COc1ccc2nc3c(nc2c1)O[C@H]1CN(C(=O)[C@H](C(C)(C)C)NC(=O)O[C@@H]2CC24CC4CCCC3)[C@H](C(=O)N[C@]2(C(=O)NS(=O)(=O)C3(C)CC3)C[C@H]2C(F)F)[C@@H]1CC#N. The molecule has 4 saturated carbocycles. The van der Waals surface area contributed by atoms with Crippen LogP contribution in [0.1, 0.15) is 91.2 Å². The lowest BCUT2D eigenvalue weighted by Crippen LogP contribution is -2.61. The summed E-state index contributed by atoms with van der Waals surface area (Å²) in [7, 11) is -2.78. The zero-order chi connectivity index (χ0) is 43.2. The molecule has 1 aromatic heterocycles. The molecule has 4 amide bonds. The van der Waals surface area contributed by atoms with Crippen LogP contribution in [0.15, 0.2) is 18.2 Å². The minimum Gasteiger partial charge on any atom is -0.497 e. The van der Waals surface area contributed by atoms with Gasteiger partial charge in [0.15, 0.2) is 0 Å². The number of nitrogens with zero attached hydrogens (tertiary/aromatic N) is 4. The molecule has 2 bridgehead atoms. The van der Waals surface area contributed by atoms with Crippen LogP contribution in [0.2, 0.25) is 0 Å². The van der Waals surface area contributed by atoms with Gasteiger partial charge < -0.3 is 29.7 Å². The number of hydrogen-bond donors (Lipinski definition) is 3. The topological polar surface area (TPSA) is 219 Å². The molecule has 5 fully saturated rings. The van der Waals surface area contributed by atoms with Crippen molar-refractivity contribution in [2.75, 3.05) is 13.7 Å². The fourth-order valence-corrected chi connectivity index (χ4v) is 10.6. The summed E-state index contributed by atoms with van der Waals surface area (Å²) in [5.41, 5.74) is -1.83. The first kappa shape index (κ1) is 41.9. The lowest BCUT2D eigenvalue weighted by Gasteiger charge is -2.36. The van der Waals surface area contributed by atoms with E-state index in [2.05, 4.69) is 16.7 Å². The van der Waals surface area contributed by atoms with Gasteiger partial charge >= 0.3 is 6.09 Å². The number of carbonyl (C=O) groups excluding carboxylic acids is 4. The largest absolute Gasteiger partial charge is 0.497 e. The molecule has 9 atom stereocenters. The Morgan fingerprint density at radius 2 is 1.87 bits per heavy atom. The Kier molecular flexibility index (Phi) is 10.2. The molecular formula is C41H51F2N7O9S. The number of amides is 4. The number of nitriles is 1. The van der Waals surface area contributed by atoms with E-state index < -0.39 is 92.4 Å². The van der Waals surface area contributed by atoms with Gasteiger partial charge in [-0.15, -0.1) is 0 Å². The van der Waals surface area contributed by atoms with E-state index in [1.54, 1.807) is 39.0 Å². The predicted molar refractivity (Wildman–Crippen MR) is 209 cm³/mol. The van der Waals surface area contributed by atoms with Crippen LogP contribution in [-0.2, 0) is 35.6 Å². The van der Waals surface area contributed by atoms with E-state index in [4.69, 9.17) is 24.2 Å². The van der Waals surface area contributed by atoms with Crippen LogP contribution >= 0.6 is 0 Å². The van der Waals surface area contributed by atoms with Gasteiger partial charge in [-0.1, -0.05) is 27.2 Å². The number of benzene rings is 1. The highest BCUT2D eigenvalue weighted by Crippen LogP contribution is 2.73. The molecular weight excluding hydrogens is 805 g/mol. The summed E-state index contributed by atoms with van der Waals surface area (Å²) < 4.78 is 73.6. The van der Waals surface area contributed by atoms with Crippen molar-refractivity contribution in [3.8, 4) is 17.7 Å². The van der Waals surface area contributed by atoms with Crippen molar-refractivity contribution in [2.24, 2.45) is 28.6 Å². The van der Waals surface area contributed by atoms with Crippen molar-refractivity contribution >= 4 is 44.9 Å². The van der Waals surface area contributed by atoms with Gasteiger partial charge in [0.25, 0.3) is 5.91 Å². The van der Waals surface area contributed by atoms with Crippen molar-refractivity contribution in [3.05, 3.63) is 23.9 Å². The molecule has 4 aliphatic carbocycles. The standard InChI is InChI=1S/C41H51F2N7O9S/c1-38(2,3)31-35(52)50-20-28(23(12-15-44)30(50)33(51)48-41(18-24(41)32(42)43)36(53)49-60(55,56)39(4)13-14-39)58-34-26(45-25-11-10-22(57-5)16-27(25)46-34)9-7-6-8-21-17-40(21)19-29(40)59-37(54)47-31/h10-11,16,21,23-24,28-32H,6-9,12-14,17-20H2,1-5H3,(H,47,54)(H,48,51)(H,49,53)/t21?,23-,24+,28+,29-,30+,31-,40?,41-/m1/s1. The zero-order valence-corrected chi connectivity index (χ0v) is 35.1. The first-order chi connectivity index (χ1) is 28.3. The van der Waals surface area contributed by atoms with E-state index in [1.165, 1.54) is 14.0 Å². The first-order valence-corrected chi connectivity index (χ1v) is 22.1. The monoisotopic (exact) mass is 855 g/mol. The number of rotatable bonds is 8. The number of aryl methyl sites for hydroxylation is 1. The number of alkyl carbamates (subject to hydrolysis) is 1. The Balaban J connectivity index is 1.18. The maximum Gasteiger partial charge on any atom is 0.408 e. The maximum atomic E-state index is 14.9. The summed E-state index contributed by atoms with van der Waals surface area (Å²) in [5, 5.41) is 15.3. The second kappa shape index (κ2) is 14.7. The molecule has 1 saturated heterocycles. The second-order valence-corrected chi connectivity index (χ2v) is 21.1.